The van der Waals surface area contributed by atoms with Gasteiger partial charge >= 0.3 is 5.97 Å². The molecule has 0 atom stereocenters. The first-order valence-electron chi connectivity index (χ1n) is 5.50. The van der Waals surface area contributed by atoms with Crippen molar-refractivity contribution in [3.05, 3.63) is 17.7 Å². The summed E-state index contributed by atoms with van der Waals surface area (Å²) in [5, 5.41) is 12.2. The molecule has 4 N–H and O–H groups in total. The number of esters is 1. The van der Waals surface area contributed by atoms with Gasteiger partial charge in [0.15, 0.2) is 0 Å². The summed E-state index contributed by atoms with van der Waals surface area (Å²) in [7, 11) is 1.20. The molecule has 0 aliphatic rings. The first-order valence-corrected chi connectivity index (χ1v) is 5.50. The molecule has 0 unspecified atom stereocenters. The van der Waals surface area contributed by atoms with Crippen LogP contribution in [0.2, 0.25) is 0 Å². The van der Waals surface area contributed by atoms with Crippen molar-refractivity contribution in [3.63, 3.8) is 0 Å². The third-order valence-corrected chi connectivity index (χ3v) is 2.32. The zero-order valence-corrected chi connectivity index (χ0v) is 10.3. The largest absolute Gasteiger partial charge is 0.507 e. The van der Waals surface area contributed by atoms with Gasteiger partial charge in [-0.15, -0.1) is 0 Å². The molecule has 1 aromatic carbocycles. The van der Waals surface area contributed by atoms with Crippen LogP contribution < -0.4 is 11.1 Å². The predicted molar refractivity (Wildman–Crippen MR) is 67.4 cm³/mol. The highest BCUT2D eigenvalue weighted by Gasteiger charge is 2.15. The Morgan fingerprint density at radius 1 is 1.44 bits per heavy atom. The van der Waals surface area contributed by atoms with E-state index in [-0.39, 0.29) is 28.6 Å². The van der Waals surface area contributed by atoms with Gasteiger partial charge in [0.1, 0.15) is 11.3 Å². The molecule has 1 aromatic rings. The third kappa shape index (κ3) is 3.13. The van der Waals surface area contributed by atoms with Gasteiger partial charge in [-0.2, -0.15) is 0 Å². The number of methoxy groups -OCH3 is 1. The Morgan fingerprint density at radius 3 is 2.67 bits per heavy atom. The van der Waals surface area contributed by atoms with E-state index in [2.05, 4.69) is 10.1 Å². The summed E-state index contributed by atoms with van der Waals surface area (Å²) in [5.74, 6) is -1.18. The number of carbonyl (C=O) groups excluding carboxylic acids is 2. The molecular formula is C12H16N2O4. The summed E-state index contributed by atoms with van der Waals surface area (Å²) in [6.07, 6.45) is 1.07. The van der Waals surface area contributed by atoms with E-state index < -0.39 is 5.97 Å². The van der Waals surface area contributed by atoms with Gasteiger partial charge in [0.25, 0.3) is 0 Å². The second-order valence-corrected chi connectivity index (χ2v) is 3.75. The monoisotopic (exact) mass is 252 g/mol. The smallest absolute Gasteiger partial charge is 0.341 e. The van der Waals surface area contributed by atoms with E-state index in [0.717, 1.165) is 0 Å². The summed E-state index contributed by atoms with van der Waals surface area (Å²) in [5.41, 5.74) is 6.12. The number of anilines is 2. The second kappa shape index (κ2) is 5.90. The standard InChI is InChI=1S/C12H16N2O4/c1-3-4-11(16)14-9-6-10(15)7(5-8(9)13)12(17)18-2/h5-6,15H,3-4,13H2,1-2H3,(H,14,16). The first-order chi connectivity index (χ1) is 8.49. The van der Waals surface area contributed by atoms with Crippen molar-refractivity contribution in [2.45, 2.75) is 19.8 Å². The van der Waals surface area contributed by atoms with E-state index in [4.69, 9.17) is 5.73 Å². The van der Waals surface area contributed by atoms with Crippen molar-refractivity contribution < 1.29 is 19.4 Å². The quantitative estimate of drug-likeness (QED) is 0.428. The van der Waals surface area contributed by atoms with E-state index in [1.54, 1.807) is 0 Å². The number of aromatic hydroxyl groups is 1. The number of nitrogens with one attached hydrogen (secondary N) is 1. The molecule has 0 aromatic heterocycles. The number of rotatable bonds is 4. The zero-order chi connectivity index (χ0) is 13.7. The molecule has 0 spiro atoms. The van der Waals surface area contributed by atoms with Crippen molar-refractivity contribution in [1.82, 2.24) is 0 Å². The number of phenols is 1. The Morgan fingerprint density at radius 2 is 2.11 bits per heavy atom. The van der Waals surface area contributed by atoms with Gasteiger partial charge in [0, 0.05) is 12.5 Å². The van der Waals surface area contributed by atoms with Crippen LogP contribution in [0.15, 0.2) is 12.1 Å². The topological polar surface area (TPSA) is 102 Å². The van der Waals surface area contributed by atoms with Gasteiger partial charge < -0.3 is 20.9 Å². The van der Waals surface area contributed by atoms with Crippen LogP contribution in [0.3, 0.4) is 0 Å². The van der Waals surface area contributed by atoms with Gasteiger partial charge in [-0.1, -0.05) is 6.92 Å². The second-order valence-electron chi connectivity index (χ2n) is 3.75. The molecule has 0 heterocycles. The lowest BCUT2D eigenvalue weighted by Gasteiger charge is -2.10. The first kappa shape index (κ1) is 13.8. The molecule has 0 fully saturated rings. The predicted octanol–water partition coefficient (Wildman–Crippen LogP) is 1.50. The molecule has 6 nitrogen and oxygen atoms in total. The van der Waals surface area contributed by atoms with E-state index in [1.165, 1.54) is 19.2 Å². The fourth-order valence-electron chi connectivity index (χ4n) is 1.43. The Kier molecular flexibility index (Phi) is 4.53. The van der Waals surface area contributed by atoms with Gasteiger partial charge in [-0.25, -0.2) is 4.79 Å². The molecule has 18 heavy (non-hydrogen) atoms. The Labute approximate surface area is 105 Å². The summed E-state index contributed by atoms with van der Waals surface area (Å²) in [4.78, 5) is 22.7. The van der Waals surface area contributed by atoms with Gasteiger partial charge in [-0.05, 0) is 12.5 Å². The van der Waals surface area contributed by atoms with Crippen LogP contribution >= 0.6 is 0 Å². The molecule has 0 aliphatic carbocycles. The summed E-state index contributed by atoms with van der Waals surface area (Å²) < 4.78 is 4.49. The maximum absolute atomic E-state index is 11.4. The van der Waals surface area contributed by atoms with Crippen molar-refractivity contribution in [2.24, 2.45) is 0 Å². The summed E-state index contributed by atoms with van der Waals surface area (Å²) in [6, 6.07) is 2.50. The van der Waals surface area contributed by atoms with Crippen LogP contribution in [0.4, 0.5) is 11.4 Å². The number of nitrogens with two attached hydrogens (primary N) is 1. The lowest BCUT2D eigenvalue weighted by Crippen LogP contribution is -2.13. The minimum atomic E-state index is -0.689. The molecule has 0 bridgehead atoms. The summed E-state index contributed by atoms with van der Waals surface area (Å²) in [6.45, 7) is 1.88. The van der Waals surface area contributed by atoms with Crippen LogP contribution in [-0.2, 0) is 9.53 Å². The highest BCUT2D eigenvalue weighted by molar-refractivity contribution is 5.98. The Hall–Kier alpha value is -2.24. The van der Waals surface area contributed by atoms with Crippen LogP contribution in [0.5, 0.6) is 5.75 Å². The molecule has 0 aliphatic heterocycles. The molecule has 6 heteroatoms. The van der Waals surface area contributed by atoms with E-state index in [1.807, 2.05) is 6.92 Å². The fourth-order valence-corrected chi connectivity index (χ4v) is 1.43. The van der Waals surface area contributed by atoms with Crippen molar-refractivity contribution in [1.29, 1.82) is 0 Å². The molecule has 0 saturated carbocycles. The van der Waals surface area contributed by atoms with E-state index >= 15 is 0 Å². The number of carbonyl (C=O) groups is 2. The molecule has 1 rings (SSSR count). The van der Waals surface area contributed by atoms with Gasteiger partial charge in [0.2, 0.25) is 5.91 Å². The maximum atomic E-state index is 11.4. The van der Waals surface area contributed by atoms with Crippen LogP contribution in [0.25, 0.3) is 0 Å². The van der Waals surface area contributed by atoms with E-state index in [0.29, 0.717) is 12.8 Å². The zero-order valence-electron chi connectivity index (χ0n) is 10.3. The third-order valence-electron chi connectivity index (χ3n) is 2.32. The highest BCUT2D eigenvalue weighted by atomic mass is 16.5. The van der Waals surface area contributed by atoms with Crippen LogP contribution in [0, 0.1) is 0 Å². The summed E-state index contributed by atoms with van der Waals surface area (Å²) >= 11 is 0. The number of nitrogen functional groups attached to an aromatic ring is 1. The maximum Gasteiger partial charge on any atom is 0.341 e. The minimum Gasteiger partial charge on any atom is -0.507 e. The normalized spacial score (nSPS) is 9.89. The average Bonchev–Trinajstić information content (AvgIpc) is 2.32. The lowest BCUT2D eigenvalue weighted by atomic mass is 10.1. The SMILES string of the molecule is CCCC(=O)Nc1cc(O)c(C(=O)OC)cc1N. The van der Waals surface area contributed by atoms with Crippen molar-refractivity contribution in [3.8, 4) is 5.75 Å². The lowest BCUT2D eigenvalue weighted by molar-refractivity contribution is -0.116. The number of amides is 1. The minimum absolute atomic E-state index is 0.0384. The number of phenolic OH excluding ortho intramolecular Hbond substituents is 1. The van der Waals surface area contributed by atoms with E-state index in [9.17, 15) is 14.7 Å². The highest BCUT2D eigenvalue weighted by Crippen LogP contribution is 2.29. The molecular weight excluding hydrogens is 236 g/mol. The molecule has 0 radical (unpaired) electrons. The average molecular weight is 252 g/mol. The van der Waals surface area contributed by atoms with Crippen LogP contribution in [0.1, 0.15) is 30.1 Å². The van der Waals surface area contributed by atoms with Gasteiger partial charge in [0.05, 0.1) is 18.5 Å². The van der Waals surface area contributed by atoms with Crippen molar-refractivity contribution in [2.75, 3.05) is 18.2 Å². The number of hydrogen-bond donors (Lipinski definition) is 3. The molecule has 0 saturated heterocycles. The van der Waals surface area contributed by atoms with Crippen LogP contribution in [-0.4, -0.2) is 24.1 Å². The fraction of sp³-hybridized carbons (Fsp3) is 0.333. The van der Waals surface area contributed by atoms with Gasteiger partial charge in [-0.3, -0.25) is 4.79 Å². The Balaban J connectivity index is 3.00. The molecule has 98 valence electrons. The van der Waals surface area contributed by atoms with Crippen molar-refractivity contribution >= 4 is 23.3 Å². The molecule has 1 amide bonds. The number of hydrogen-bond acceptors (Lipinski definition) is 5. The Bertz CT molecular complexity index is 471. The number of benzene rings is 1. The number of ether oxygens (including phenoxy) is 1.